The highest BCUT2D eigenvalue weighted by atomic mass is 19.1. The van der Waals surface area contributed by atoms with Gasteiger partial charge in [-0.25, -0.2) is 4.39 Å². The number of benzene rings is 1. The van der Waals surface area contributed by atoms with E-state index in [4.69, 9.17) is 0 Å². The maximum absolute atomic E-state index is 13.6. The molecule has 1 aliphatic carbocycles. The molecular formula is C13H13FO. The summed E-state index contributed by atoms with van der Waals surface area (Å²) >= 11 is 0. The Morgan fingerprint density at radius 3 is 2.73 bits per heavy atom. The molecule has 0 amide bonds. The van der Waals surface area contributed by atoms with E-state index in [2.05, 4.69) is 0 Å². The van der Waals surface area contributed by atoms with E-state index in [9.17, 15) is 9.18 Å². The molecule has 15 heavy (non-hydrogen) atoms. The van der Waals surface area contributed by atoms with Crippen molar-refractivity contribution in [2.24, 2.45) is 0 Å². The minimum atomic E-state index is -0.271. The van der Waals surface area contributed by atoms with Gasteiger partial charge in [-0.15, -0.1) is 0 Å². The lowest BCUT2D eigenvalue weighted by Crippen LogP contribution is -2.11. The largest absolute Gasteiger partial charge is 0.294 e. The molecule has 0 atom stereocenters. The van der Waals surface area contributed by atoms with Crippen molar-refractivity contribution < 1.29 is 9.18 Å². The van der Waals surface area contributed by atoms with E-state index in [0.717, 1.165) is 5.56 Å². The molecule has 0 saturated heterocycles. The van der Waals surface area contributed by atoms with E-state index < -0.39 is 0 Å². The monoisotopic (exact) mass is 204 g/mol. The topological polar surface area (TPSA) is 17.1 Å². The third-order valence-electron chi connectivity index (χ3n) is 2.68. The fourth-order valence-electron chi connectivity index (χ4n) is 2.02. The summed E-state index contributed by atoms with van der Waals surface area (Å²) in [5, 5.41) is 0. The molecule has 2 rings (SSSR count). The van der Waals surface area contributed by atoms with Gasteiger partial charge in [-0.2, -0.15) is 0 Å². The smallest absolute Gasteiger partial charge is 0.167 e. The molecule has 2 heteroatoms. The molecule has 0 unspecified atom stereocenters. The molecule has 1 aromatic rings. The van der Waals surface area contributed by atoms with Gasteiger partial charge in [0, 0.05) is 17.5 Å². The van der Waals surface area contributed by atoms with Crippen molar-refractivity contribution in [3.05, 3.63) is 40.7 Å². The average molecular weight is 204 g/mol. The van der Waals surface area contributed by atoms with Gasteiger partial charge in [0.15, 0.2) is 5.78 Å². The molecule has 0 heterocycles. The van der Waals surface area contributed by atoms with Crippen LogP contribution in [0.4, 0.5) is 4.39 Å². The van der Waals surface area contributed by atoms with Crippen LogP contribution in [0, 0.1) is 5.82 Å². The molecule has 1 aromatic carbocycles. The molecule has 1 nitrogen and oxygen atoms in total. The van der Waals surface area contributed by atoms with Gasteiger partial charge in [-0.1, -0.05) is 32.1 Å². The minimum Gasteiger partial charge on any atom is -0.294 e. The van der Waals surface area contributed by atoms with Crippen LogP contribution in [0.5, 0.6) is 0 Å². The van der Waals surface area contributed by atoms with Crippen LogP contribution in [0.3, 0.4) is 0 Å². The van der Waals surface area contributed by atoms with Crippen molar-refractivity contribution in [1.82, 2.24) is 0 Å². The van der Waals surface area contributed by atoms with Crippen molar-refractivity contribution in [3.8, 4) is 0 Å². The first-order chi connectivity index (χ1) is 7.11. The van der Waals surface area contributed by atoms with Crippen LogP contribution in [0.1, 0.15) is 47.7 Å². The van der Waals surface area contributed by atoms with Crippen LogP contribution in [-0.4, -0.2) is 5.78 Å². The third kappa shape index (κ3) is 1.60. The Morgan fingerprint density at radius 2 is 2.07 bits per heavy atom. The second kappa shape index (κ2) is 3.61. The van der Waals surface area contributed by atoms with Crippen LogP contribution in [0.25, 0.3) is 6.08 Å². The maximum Gasteiger partial charge on any atom is 0.167 e. The Kier molecular flexibility index (Phi) is 2.43. The number of carbonyl (C=O) groups excluding carboxylic acids is 1. The van der Waals surface area contributed by atoms with Crippen LogP contribution in [0.2, 0.25) is 0 Å². The van der Waals surface area contributed by atoms with Crippen molar-refractivity contribution >= 4 is 11.9 Å². The van der Waals surface area contributed by atoms with Crippen molar-refractivity contribution in [2.75, 3.05) is 0 Å². The number of ketones is 1. The number of hydrogen-bond acceptors (Lipinski definition) is 1. The normalized spacial score (nSPS) is 14.5. The first kappa shape index (κ1) is 10.1. The number of halogens is 1. The zero-order valence-corrected chi connectivity index (χ0v) is 8.88. The molecule has 0 saturated carbocycles. The van der Waals surface area contributed by atoms with Gasteiger partial charge in [-0.3, -0.25) is 4.79 Å². The van der Waals surface area contributed by atoms with Gasteiger partial charge >= 0.3 is 0 Å². The highest BCUT2D eigenvalue weighted by Crippen LogP contribution is 2.30. The predicted molar refractivity (Wildman–Crippen MR) is 58.5 cm³/mol. The summed E-state index contributed by atoms with van der Waals surface area (Å²) in [6, 6.07) is 3.11. The lowest BCUT2D eigenvalue weighted by Gasteiger charge is -2.17. The molecular weight excluding hydrogens is 191 g/mol. The second-order valence-corrected chi connectivity index (χ2v) is 4.11. The number of rotatable bonds is 1. The predicted octanol–water partition coefficient (Wildman–Crippen LogP) is 3.55. The van der Waals surface area contributed by atoms with Gasteiger partial charge in [0.25, 0.3) is 0 Å². The summed E-state index contributed by atoms with van der Waals surface area (Å²) in [5.41, 5.74) is 1.98. The van der Waals surface area contributed by atoms with Crippen molar-refractivity contribution in [1.29, 1.82) is 0 Å². The molecule has 0 radical (unpaired) electrons. The van der Waals surface area contributed by atoms with Gasteiger partial charge in [0.2, 0.25) is 0 Å². The summed E-state index contributed by atoms with van der Waals surface area (Å²) in [6.07, 6.45) is 4.10. The van der Waals surface area contributed by atoms with Crippen LogP contribution in [-0.2, 0) is 0 Å². The number of allylic oxidation sites excluding steroid dienone is 1. The van der Waals surface area contributed by atoms with Crippen molar-refractivity contribution in [3.63, 3.8) is 0 Å². The Balaban J connectivity index is 2.72. The quantitative estimate of drug-likeness (QED) is 0.683. The molecule has 0 aromatic heterocycles. The zero-order chi connectivity index (χ0) is 11.0. The van der Waals surface area contributed by atoms with Crippen LogP contribution in [0.15, 0.2) is 18.2 Å². The summed E-state index contributed by atoms with van der Waals surface area (Å²) in [7, 11) is 0. The molecule has 0 N–H and O–H groups in total. The number of carbonyl (C=O) groups is 1. The molecule has 78 valence electrons. The summed E-state index contributed by atoms with van der Waals surface area (Å²) in [5.74, 6) is -0.210. The third-order valence-corrected chi connectivity index (χ3v) is 2.68. The fraction of sp³-hybridized carbons (Fsp3) is 0.308. The van der Waals surface area contributed by atoms with E-state index >= 15 is 0 Å². The Bertz CT molecular complexity index is 444. The minimum absolute atomic E-state index is 0.0238. The van der Waals surface area contributed by atoms with E-state index in [1.807, 2.05) is 26.0 Å². The lowest BCUT2D eigenvalue weighted by atomic mass is 9.87. The molecule has 0 aliphatic heterocycles. The number of hydrogen-bond donors (Lipinski definition) is 0. The molecule has 1 aliphatic rings. The highest BCUT2D eigenvalue weighted by Gasteiger charge is 2.21. The molecule has 0 spiro atoms. The van der Waals surface area contributed by atoms with Gasteiger partial charge in [0.05, 0.1) is 0 Å². The SMILES string of the molecule is CC(C)c1c(F)ccc2c1C(=O)CC=C2. The van der Waals surface area contributed by atoms with E-state index in [-0.39, 0.29) is 17.5 Å². The Hall–Kier alpha value is -1.44. The van der Waals surface area contributed by atoms with Crippen LogP contribution >= 0.6 is 0 Å². The number of fused-ring (bicyclic) bond motifs is 1. The first-order valence-electron chi connectivity index (χ1n) is 5.13. The summed E-state index contributed by atoms with van der Waals surface area (Å²) in [4.78, 5) is 11.7. The molecule has 0 bridgehead atoms. The van der Waals surface area contributed by atoms with E-state index in [0.29, 0.717) is 17.5 Å². The van der Waals surface area contributed by atoms with Gasteiger partial charge in [0.1, 0.15) is 5.82 Å². The zero-order valence-electron chi connectivity index (χ0n) is 8.88. The Morgan fingerprint density at radius 1 is 1.33 bits per heavy atom. The lowest BCUT2D eigenvalue weighted by molar-refractivity contribution is 0.0992. The Labute approximate surface area is 88.6 Å². The van der Waals surface area contributed by atoms with Gasteiger partial charge in [-0.05, 0) is 17.5 Å². The van der Waals surface area contributed by atoms with E-state index in [1.54, 1.807) is 6.07 Å². The van der Waals surface area contributed by atoms with Crippen molar-refractivity contribution in [2.45, 2.75) is 26.2 Å². The maximum atomic E-state index is 13.6. The van der Waals surface area contributed by atoms with Crippen LogP contribution < -0.4 is 0 Å². The fourth-order valence-corrected chi connectivity index (χ4v) is 2.02. The highest BCUT2D eigenvalue weighted by molar-refractivity contribution is 6.04. The van der Waals surface area contributed by atoms with Gasteiger partial charge < -0.3 is 0 Å². The molecule has 0 fully saturated rings. The average Bonchev–Trinajstić information content (AvgIpc) is 2.18. The summed E-state index contributed by atoms with van der Waals surface area (Å²) < 4.78 is 13.6. The van der Waals surface area contributed by atoms with E-state index in [1.165, 1.54) is 6.07 Å². The standard InChI is InChI=1S/C13H13FO/c1-8(2)12-10(14)7-6-9-4-3-5-11(15)13(9)12/h3-4,6-8H,5H2,1-2H3. The summed E-state index contributed by atoms with van der Waals surface area (Å²) in [6.45, 7) is 3.81. The number of Topliss-reactive ketones (excluding diaryl/α,β-unsaturated/α-hetero) is 1. The second-order valence-electron chi connectivity index (χ2n) is 4.11. The first-order valence-corrected chi connectivity index (χ1v) is 5.13.